The van der Waals surface area contributed by atoms with Gasteiger partial charge in [0.05, 0.1) is 29.3 Å². The van der Waals surface area contributed by atoms with Gasteiger partial charge in [-0.15, -0.1) is 5.10 Å². The molecule has 148 valence electrons. The van der Waals surface area contributed by atoms with Gasteiger partial charge in [0.15, 0.2) is 5.75 Å². The van der Waals surface area contributed by atoms with Crippen LogP contribution in [0.25, 0.3) is 5.69 Å². The maximum Gasteiger partial charge on any atom is 0.387 e. The van der Waals surface area contributed by atoms with Crippen LogP contribution in [-0.4, -0.2) is 38.2 Å². The van der Waals surface area contributed by atoms with Gasteiger partial charge >= 0.3 is 19.2 Å². The van der Waals surface area contributed by atoms with E-state index in [9.17, 15) is 17.6 Å². The fourth-order valence-electron chi connectivity index (χ4n) is 1.99. The summed E-state index contributed by atoms with van der Waals surface area (Å²) in [6.45, 7) is -6.09. The highest BCUT2D eigenvalue weighted by atomic mass is 35.5. The lowest BCUT2D eigenvalue weighted by atomic mass is 10.3. The van der Waals surface area contributed by atoms with Crippen molar-refractivity contribution in [1.82, 2.24) is 25.0 Å². The molecule has 0 spiro atoms. The largest absolute Gasteiger partial charge is 0.457 e. The number of rotatable bonds is 8. The van der Waals surface area contributed by atoms with Gasteiger partial charge in [-0.05, 0) is 12.1 Å². The van der Waals surface area contributed by atoms with Crippen molar-refractivity contribution < 1.29 is 31.8 Å². The third kappa shape index (κ3) is 5.19. The van der Waals surface area contributed by atoms with E-state index in [1.54, 1.807) is 0 Å². The van der Waals surface area contributed by atoms with Crippen LogP contribution in [0.3, 0.4) is 0 Å². The van der Waals surface area contributed by atoms with Crippen molar-refractivity contribution in [3.05, 3.63) is 47.5 Å². The Morgan fingerprint density at radius 2 is 1.75 bits per heavy atom. The van der Waals surface area contributed by atoms with Crippen molar-refractivity contribution in [2.75, 3.05) is 0 Å². The second-order valence-corrected chi connectivity index (χ2v) is 5.42. The molecule has 8 nitrogen and oxygen atoms in total. The number of alkyl halides is 4. The Hall–Kier alpha value is -3.15. The Balaban J connectivity index is 1.64. The summed E-state index contributed by atoms with van der Waals surface area (Å²) >= 11 is 5.80. The van der Waals surface area contributed by atoms with E-state index in [-0.39, 0.29) is 29.1 Å². The van der Waals surface area contributed by atoms with Gasteiger partial charge in [-0.2, -0.15) is 27.5 Å². The highest BCUT2D eigenvalue weighted by molar-refractivity contribution is 6.32. The molecule has 2 aromatic heterocycles. The van der Waals surface area contributed by atoms with Gasteiger partial charge in [-0.25, -0.2) is 4.68 Å². The van der Waals surface area contributed by atoms with E-state index in [4.69, 9.17) is 16.3 Å². The summed E-state index contributed by atoms with van der Waals surface area (Å²) in [5.74, 6) is -0.417. The number of hydrogen-bond acceptors (Lipinski definition) is 7. The van der Waals surface area contributed by atoms with E-state index in [2.05, 4.69) is 29.8 Å². The molecule has 0 radical (unpaired) electrons. The molecular formula is C15H10ClF4N5O3. The number of aromatic nitrogens is 5. The van der Waals surface area contributed by atoms with Crippen LogP contribution < -0.4 is 14.2 Å². The number of hydrogen-bond donors (Lipinski definition) is 0. The third-order valence-corrected chi connectivity index (χ3v) is 3.43. The average Bonchev–Trinajstić information content (AvgIpc) is 3.11. The van der Waals surface area contributed by atoms with Crippen LogP contribution in [0.4, 0.5) is 17.6 Å². The van der Waals surface area contributed by atoms with Gasteiger partial charge in [-0.3, -0.25) is 0 Å². The van der Waals surface area contributed by atoms with Crippen LogP contribution in [0.15, 0.2) is 36.8 Å². The summed E-state index contributed by atoms with van der Waals surface area (Å²) in [7, 11) is 0. The second-order valence-electron chi connectivity index (χ2n) is 5.02. The molecule has 2 heterocycles. The van der Waals surface area contributed by atoms with Crippen molar-refractivity contribution >= 4 is 11.6 Å². The molecule has 0 saturated carbocycles. The SMILES string of the molecule is FC(F)Oc1cnc(OCc2cn(-c3ccc(Cl)c(OC(F)F)c3)nn2)nc1. The fourth-order valence-corrected chi connectivity index (χ4v) is 2.15. The molecule has 13 heteroatoms. The molecule has 0 aliphatic rings. The smallest absolute Gasteiger partial charge is 0.387 e. The average molecular weight is 420 g/mol. The normalized spacial score (nSPS) is 11.1. The first-order valence-electron chi connectivity index (χ1n) is 7.46. The molecular weight excluding hydrogens is 410 g/mol. The summed E-state index contributed by atoms with van der Waals surface area (Å²) in [5, 5.41) is 7.73. The van der Waals surface area contributed by atoms with Gasteiger partial charge in [0.2, 0.25) is 0 Å². The monoisotopic (exact) mass is 419 g/mol. The maximum atomic E-state index is 12.4. The molecule has 0 bridgehead atoms. The summed E-state index contributed by atoms with van der Waals surface area (Å²) < 4.78 is 63.9. The first kappa shape index (κ1) is 19.6. The number of halogens is 5. The molecule has 0 fully saturated rings. The molecule has 3 aromatic rings. The maximum absolute atomic E-state index is 12.4. The van der Waals surface area contributed by atoms with Gasteiger partial charge in [-0.1, -0.05) is 16.8 Å². The third-order valence-electron chi connectivity index (χ3n) is 3.11. The molecule has 0 saturated heterocycles. The van der Waals surface area contributed by atoms with Crippen LogP contribution in [0.5, 0.6) is 17.5 Å². The van der Waals surface area contributed by atoms with E-state index in [1.165, 1.54) is 29.1 Å². The van der Waals surface area contributed by atoms with Gasteiger partial charge < -0.3 is 14.2 Å². The minimum Gasteiger partial charge on any atom is -0.457 e. The van der Waals surface area contributed by atoms with E-state index in [0.29, 0.717) is 11.4 Å². The molecule has 28 heavy (non-hydrogen) atoms. The lowest BCUT2D eigenvalue weighted by Crippen LogP contribution is -2.04. The predicted octanol–water partition coefficient (Wildman–Crippen LogP) is 3.49. The summed E-state index contributed by atoms with van der Waals surface area (Å²) in [4.78, 5) is 7.42. The molecule has 0 atom stereocenters. The molecule has 0 amide bonds. The highest BCUT2D eigenvalue weighted by Crippen LogP contribution is 2.28. The zero-order chi connectivity index (χ0) is 20.1. The first-order chi connectivity index (χ1) is 13.4. The molecule has 0 unspecified atom stereocenters. The van der Waals surface area contributed by atoms with Gasteiger partial charge in [0.25, 0.3) is 0 Å². The van der Waals surface area contributed by atoms with Crippen LogP contribution in [0.1, 0.15) is 5.69 Å². The number of benzene rings is 1. The Kier molecular flexibility index (Phi) is 6.09. The Morgan fingerprint density at radius 1 is 1.04 bits per heavy atom. The Morgan fingerprint density at radius 3 is 2.43 bits per heavy atom. The number of nitrogens with zero attached hydrogens (tertiary/aromatic N) is 5. The van der Waals surface area contributed by atoms with E-state index >= 15 is 0 Å². The quantitative estimate of drug-likeness (QED) is 0.517. The van der Waals surface area contributed by atoms with Crippen LogP contribution in [0.2, 0.25) is 5.02 Å². The van der Waals surface area contributed by atoms with Crippen LogP contribution in [0, 0.1) is 0 Å². The lowest BCUT2D eigenvalue weighted by molar-refractivity contribution is -0.0508. The number of ether oxygens (including phenoxy) is 3. The van der Waals surface area contributed by atoms with Crippen molar-refractivity contribution in [2.24, 2.45) is 0 Å². The minimum absolute atomic E-state index is 0.0177. The van der Waals surface area contributed by atoms with Crippen molar-refractivity contribution in [3.63, 3.8) is 0 Å². The Bertz CT molecular complexity index is 926. The van der Waals surface area contributed by atoms with Crippen LogP contribution in [-0.2, 0) is 6.61 Å². The molecule has 0 aliphatic heterocycles. The van der Waals surface area contributed by atoms with Gasteiger partial charge in [0, 0.05) is 6.07 Å². The minimum atomic E-state index is -3.02. The lowest BCUT2D eigenvalue weighted by Gasteiger charge is -2.08. The first-order valence-corrected chi connectivity index (χ1v) is 7.84. The topological polar surface area (TPSA) is 84.2 Å². The zero-order valence-electron chi connectivity index (χ0n) is 13.7. The standard InChI is InChI=1S/C15H10ClF4N5O3/c16-11-2-1-9(3-12(11)28-14(19)20)25-6-8(23-24-25)7-26-15-21-4-10(5-22-15)27-13(17)18/h1-6,13-14H,7H2. The highest BCUT2D eigenvalue weighted by Gasteiger charge is 2.12. The predicted molar refractivity (Wildman–Crippen MR) is 86.0 cm³/mol. The van der Waals surface area contributed by atoms with Crippen LogP contribution >= 0.6 is 11.6 Å². The molecule has 0 aliphatic carbocycles. The Labute approximate surface area is 159 Å². The zero-order valence-corrected chi connectivity index (χ0v) is 14.4. The summed E-state index contributed by atoms with van der Waals surface area (Å²) in [6.07, 6.45) is 3.54. The molecule has 1 aromatic carbocycles. The van der Waals surface area contributed by atoms with Crippen molar-refractivity contribution in [1.29, 1.82) is 0 Å². The summed E-state index contributed by atoms with van der Waals surface area (Å²) in [6, 6.07) is 4.10. The molecule has 0 N–H and O–H groups in total. The second kappa shape index (κ2) is 8.69. The van der Waals surface area contributed by atoms with Crippen molar-refractivity contribution in [3.8, 4) is 23.2 Å². The summed E-state index contributed by atoms with van der Waals surface area (Å²) in [5.41, 5.74) is 0.742. The fraction of sp³-hybridized carbons (Fsp3) is 0.200. The molecule has 3 rings (SSSR count). The van der Waals surface area contributed by atoms with E-state index < -0.39 is 13.2 Å². The van der Waals surface area contributed by atoms with E-state index in [1.807, 2.05) is 0 Å². The van der Waals surface area contributed by atoms with Crippen molar-refractivity contribution in [2.45, 2.75) is 19.8 Å². The van der Waals surface area contributed by atoms with E-state index in [0.717, 1.165) is 12.4 Å². The van der Waals surface area contributed by atoms with Gasteiger partial charge in [0.1, 0.15) is 18.1 Å².